The molecule has 0 bridgehead atoms. The monoisotopic (exact) mass is 422 g/mol. The van der Waals surface area contributed by atoms with Crippen LogP contribution in [0.25, 0.3) is 11.3 Å². The van der Waals surface area contributed by atoms with Crippen molar-refractivity contribution in [2.45, 2.75) is 6.42 Å². The Kier molecular flexibility index (Phi) is 7.41. The Labute approximate surface area is 161 Å². The van der Waals surface area contributed by atoms with Crippen LogP contribution in [0.5, 0.6) is 0 Å². The number of nitrogens with zero attached hydrogens (tertiary/aromatic N) is 2. The zero-order chi connectivity index (χ0) is 19.1. The van der Waals surface area contributed by atoms with E-state index in [-0.39, 0.29) is 24.8 Å². The van der Waals surface area contributed by atoms with Gasteiger partial charge in [-0.3, -0.25) is 9.59 Å². The second-order valence-electron chi connectivity index (χ2n) is 5.75. The van der Waals surface area contributed by atoms with Crippen LogP contribution in [0.1, 0.15) is 16.9 Å². The van der Waals surface area contributed by atoms with E-state index in [4.69, 9.17) is 4.74 Å². The summed E-state index contributed by atoms with van der Waals surface area (Å²) in [5.74, 6) is -0.493. The van der Waals surface area contributed by atoms with E-state index in [0.717, 1.165) is 15.7 Å². The van der Waals surface area contributed by atoms with Crippen LogP contribution in [-0.2, 0) is 21.3 Å². The normalized spacial score (nSPS) is 10.6. The molecule has 0 aliphatic carbocycles. The van der Waals surface area contributed by atoms with Gasteiger partial charge in [0.1, 0.15) is 5.69 Å². The molecule has 2 aromatic rings. The molecule has 7 heteroatoms. The maximum atomic E-state index is 13.0. The Balaban J connectivity index is 2.25. The van der Waals surface area contributed by atoms with Crippen molar-refractivity contribution >= 4 is 27.8 Å². The fourth-order valence-corrected chi connectivity index (χ4v) is 3.16. The molecule has 0 N–H and O–H groups in total. The molecule has 0 radical (unpaired) electrons. The molecule has 1 aromatic heterocycles. The number of aromatic nitrogens is 1. The van der Waals surface area contributed by atoms with Gasteiger partial charge in [0.05, 0.1) is 20.1 Å². The van der Waals surface area contributed by atoms with E-state index in [1.54, 1.807) is 18.1 Å². The molecule has 0 saturated heterocycles. The van der Waals surface area contributed by atoms with Crippen molar-refractivity contribution in [2.75, 3.05) is 33.9 Å². The van der Waals surface area contributed by atoms with E-state index in [9.17, 15) is 9.59 Å². The SMILES string of the molecule is COCCN(CCC(=O)OC)C(=O)c1ccc(-c2ccccc2Br)n1C. The number of hydrogen-bond donors (Lipinski definition) is 0. The predicted octanol–water partition coefficient (Wildman–Crippen LogP) is 3.11. The number of benzene rings is 1. The van der Waals surface area contributed by atoms with Crippen molar-refractivity contribution in [3.05, 3.63) is 46.6 Å². The largest absolute Gasteiger partial charge is 0.469 e. The van der Waals surface area contributed by atoms with Crippen LogP contribution in [0.3, 0.4) is 0 Å². The number of carbonyl (C=O) groups is 2. The lowest BCUT2D eigenvalue weighted by Crippen LogP contribution is -2.36. The number of carbonyl (C=O) groups excluding carboxylic acids is 2. The summed E-state index contributed by atoms with van der Waals surface area (Å²) in [4.78, 5) is 26.0. The lowest BCUT2D eigenvalue weighted by atomic mass is 10.1. The van der Waals surface area contributed by atoms with Crippen molar-refractivity contribution in [3.8, 4) is 11.3 Å². The summed E-state index contributed by atoms with van der Waals surface area (Å²) in [7, 11) is 4.78. The van der Waals surface area contributed by atoms with E-state index in [1.807, 2.05) is 41.9 Å². The number of rotatable bonds is 8. The molecule has 0 fully saturated rings. The molecule has 2 rings (SSSR count). The van der Waals surface area contributed by atoms with Crippen LogP contribution in [0.2, 0.25) is 0 Å². The first kappa shape index (κ1) is 20.2. The summed E-state index contributed by atoms with van der Waals surface area (Å²) in [5, 5.41) is 0. The molecule has 0 atom stereocenters. The van der Waals surface area contributed by atoms with Gasteiger partial charge in [-0.2, -0.15) is 0 Å². The van der Waals surface area contributed by atoms with Crippen LogP contribution in [-0.4, -0.2) is 55.3 Å². The Morgan fingerprint density at radius 3 is 2.50 bits per heavy atom. The van der Waals surface area contributed by atoms with Gasteiger partial charge < -0.3 is 18.9 Å². The molecule has 140 valence electrons. The summed E-state index contributed by atoms with van der Waals surface area (Å²) in [6, 6.07) is 11.6. The van der Waals surface area contributed by atoms with Crippen molar-refractivity contribution in [1.29, 1.82) is 0 Å². The number of hydrogen-bond acceptors (Lipinski definition) is 4. The van der Waals surface area contributed by atoms with E-state index in [1.165, 1.54) is 7.11 Å². The average molecular weight is 423 g/mol. The smallest absolute Gasteiger partial charge is 0.307 e. The number of halogens is 1. The van der Waals surface area contributed by atoms with E-state index >= 15 is 0 Å². The molecule has 1 heterocycles. The zero-order valence-electron chi connectivity index (χ0n) is 15.2. The van der Waals surface area contributed by atoms with Crippen molar-refractivity contribution in [3.63, 3.8) is 0 Å². The molecule has 1 amide bonds. The average Bonchev–Trinajstić information content (AvgIpc) is 3.02. The van der Waals surface area contributed by atoms with Crippen molar-refractivity contribution in [1.82, 2.24) is 9.47 Å². The Hall–Kier alpha value is -2.12. The Morgan fingerprint density at radius 2 is 1.85 bits per heavy atom. The first-order valence-electron chi connectivity index (χ1n) is 8.25. The van der Waals surface area contributed by atoms with Crippen LogP contribution in [0, 0.1) is 0 Å². The fraction of sp³-hybridized carbons (Fsp3) is 0.368. The minimum Gasteiger partial charge on any atom is -0.469 e. The van der Waals surface area contributed by atoms with Gasteiger partial charge in [0, 0.05) is 43.0 Å². The minimum atomic E-state index is -0.346. The molecule has 0 aliphatic rings. The van der Waals surface area contributed by atoms with Gasteiger partial charge in [-0.25, -0.2) is 0 Å². The Bertz CT molecular complexity index is 773. The van der Waals surface area contributed by atoms with Crippen LogP contribution >= 0.6 is 15.9 Å². The summed E-state index contributed by atoms with van der Waals surface area (Å²) in [5.41, 5.74) is 2.49. The van der Waals surface area contributed by atoms with Gasteiger partial charge in [-0.1, -0.05) is 34.1 Å². The highest BCUT2D eigenvalue weighted by Gasteiger charge is 2.21. The first-order valence-corrected chi connectivity index (χ1v) is 9.04. The molecule has 0 unspecified atom stereocenters. The maximum absolute atomic E-state index is 13.0. The summed E-state index contributed by atoms with van der Waals surface area (Å²) in [6.07, 6.45) is 0.146. The zero-order valence-corrected chi connectivity index (χ0v) is 16.8. The molecule has 26 heavy (non-hydrogen) atoms. The lowest BCUT2D eigenvalue weighted by molar-refractivity contribution is -0.140. The summed E-state index contributed by atoms with van der Waals surface area (Å²) < 4.78 is 12.6. The van der Waals surface area contributed by atoms with Gasteiger partial charge in [-0.15, -0.1) is 0 Å². The number of amides is 1. The number of esters is 1. The standard InChI is InChI=1S/C19H23BrN2O4/c1-21-16(14-6-4-5-7-15(14)20)8-9-17(21)19(24)22(12-13-25-2)11-10-18(23)26-3/h4-9H,10-13H2,1-3H3. The van der Waals surface area contributed by atoms with Crippen LogP contribution < -0.4 is 0 Å². The van der Waals surface area contributed by atoms with Gasteiger partial charge in [0.25, 0.3) is 5.91 Å². The number of methoxy groups -OCH3 is 2. The van der Waals surface area contributed by atoms with Gasteiger partial charge in [-0.05, 0) is 18.2 Å². The highest BCUT2D eigenvalue weighted by Crippen LogP contribution is 2.29. The highest BCUT2D eigenvalue weighted by atomic mass is 79.9. The molecule has 0 saturated carbocycles. The van der Waals surface area contributed by atoms with Crippen molar-refractivity contribution < 1.29 is 19.1 Å². The van der Waals surface area contributed by atoms with Gasteiger partial charge in [0.2, 0.25) is 0 Å². The minimum absolute atomic E-state index is 0.146. The lowest BCUT2D eigenvalue weighted by Gasteiger charge is -2.22. The number of ether oxygens (including phenoxy) is 2. The van der Waals surface area contributed by atoms with E-state index in [2.05, 4.69) is 20.7 Å². The summed E-state index contributed by atoms with van der Waals surface area (Å²) >= 11 is 3.55. The fourth-order valence-electron chi connectivity index (χ4n) is 2.67. The summed E-state index contributed by atoms with van der Waals surface area (Å²) in [6.45, 7) is 1.08. The van der Waals surface area contributed by atoms with Gasteiger partial charge in [0.15, 0.2) is 0 Å². The van der Waals surface area contributed by atoms with Gasteiger partial charge >= 0.3 is 5.97 Å². The third kappa shape index (κ3) is 4.74. The topological polar surface area (TPSA) is 60.8 Å². The van der Waals surface area contributed by atoms with E-state index in [0.29, 0.717) is 18.8 Å². The predicted molar refractivity (Wildman–Crippen MR) is 103 cm³/mol. The first-order chi connectivity index (χ1) is 12.5. The second-order valence-corrected chi connectivity index (χ2v) is 6.61. The van der Waals surface area contributed by atoms with Crippen LogP contribution in [0.15, 0.2) is 40.9 Å². The molecular weight excluding hydrogens is 400 g/mol. The van der Waals surface area contributed by atoms with E-state index < -0.39 is 0 Å². The highest BCUT2D eigenvalue weighted by molar-refractivity contribution is 9.10. The molecule has 1 aromatic carbocycles. The molecule has 0 spiro atoms. The quantitative estimate of drug-likeness (QED) is 0.613. The van der Waals surface area contributed by atoms with Crippen molar-refractivity contribution in [2.24, 2.45) is 7.05 Å². The third-order valence-electron chi connectivity index (χ3n) is 4.16. The third-order valence-corrected chi connectivity index (χ3v) is 4.85. The molecule has 0 aliphatic heterocycles. The molecular formula is C19H23BrN2O4. The van der Waals surface area contributed by atoms with Crippen LogP contribution in [0.4, 0.5) is 0 Å². The second kappa shape index (κ2) is 9.54. The maximum Gasteiger partial charge on any atom is 0.307 e. The molecule has 6 nitrogen and oxygen atoms in total. The Morgan fingerprint density at radius 1 is 1.12 bits per heavy atom.